The van der Waals surface area contributed by atoms with Gasteiger partial charge in [0, 0.05) is 61.1 Å². The number of hydrogen-bond acceptors (Lipinski definition) is 14. The molecule has 1 aliphatic heterocycles. The van der Waals surface area contributed by atoms with E-state index in [0.717, 1.165) is 95.8 Å². The number of ether oxygens (including phenoxy) is 4. The number of carbonyl (C=O) groups excluding carboxylic acids is 4. The molecule has 1 saturated heterocycles. The Morgan fingerprint density at radius 3 is 2.44 bits per heavy atom. The minimum atomic E-state index is -5.07. The van der Waals surface area contributed by atoms with E-state index in [0.29, 0.717) is 31.4 Å². The molecule has 1 amide bonds. The number of nitrogens with one attached hydrogen (secondary N) is 4. The molecular formula is C65H90ClN6O14P. The predicted molar refractivity (Wildman–Crippen MR) is 320 cm³/mol. The summed E-state index contributed by atoms with van der Waals surface area (Å²) in [4.78, 5) is 76.7. The lowest BCUT2D eigenvalue weighted by atomic mass is 9.46. The number of carbonyl (C=O) groups is 4. The second-order valence-electron chi connectivity index (χ2n) is 25.1. The molecule has 0 bridgehead atoms. The second-order valence-corrected chi connectivity index (χ2v) is 26.2. The molecule has 476 valence electrons. The molecule has 5 fully saturated rings. The van der Waals surface area contributed by atoms with Crippen molar-refractivity contribution in [2.45, 2.75) is 172 Å². The maximum absolute atomic E-state index is 15.4. The summed E-state index contributed by atoms with van der Waals surface area (Å²) < 4.78 is 44.6. The summed E-state index contributed by atoms with van der Waals surface area (Å²) in [6.07, 6.45) is 18.0. The number of amides is 1. The minimum Gasteiger partial charge on any atom is -1.00 e. The number of hydrogen-bond donors (Lipinski definition) is 9. The fraction of sp³-hybridized carbons (Fsp3) is 0.600. The number of ketones is 2. The van der Waals surface area contributed by atoms with Crippen molar-refractivity contribution in [3.05, 3.63) is 119 Å². The van der Waals surface area contributed by atoms with Crippen LogP contribution in [0.5, 0.6) is 5.75 Å². The highest BCUT2D eigenvalue weighted by molar-refractivity contribution is 7.46. The molecule has 9 rings (SSSR count). The SMILES string of the molecule is C[C@]12C=CC(=O)C=C1CCC1C2[C@@H](O)C[C@@]2(C)C1C[C@@H]1O[C@@H](C3CCCCC3)O[C@]12C(=O)COC(=O)C(CCCNC(=N)N)NC(=O)c1cccc[n+]1Cc1cc(C(O)CNCCCCCCOCCCCc2ccccc2)ccc1OP(=O)(O)O.[Cl-]. The van der Waals surface area contributed by atoms with Crippen molar-refractivity contribution in [2.24, 2.45) is 40.2 Å². The number of allylic oxidation sites excluding steroid dienone is 4. The van der Waals surface area contributed by atoms with Gasteiger partial charge in [-0.1, -0.05) is 94.0 Å². The summed E-state index contributed by atoms with van der Waals surface area (Å²) >= 11 is 0. The number of nitrogens with zero attached hydrogens (tertiary/aromatic N) is 1. The molecule has 0 spiro atoms. The smallest absolute Gasteiger partial charge is 0.524 e. The first kappa shape index (κ1) is 67.5. The average molecular weight is 1250 g/mol. The number of esters is 1. The van der Waals surface area contributed by atoms with Crippen LogP contribution in [0.1, 0.15) is 156 Å². The van der Waals surface area contributed by atoms with Gasteiger partial charge in [0.05, 0.1) is 23.9 Å². The number of halogens is 1. The number of rotatable bonds is 30. The van der Waals surface area contributed by atoms with Crippen molar-refractivity contribution in [2.75, 3.05) is 39.5 Å². The van der Waals surface area contributed by atoms with Gasteiger partial charge in [0.15, 0.2) is 43.0 Å². The number of guanidine groups is 1. The Kier molecular flexibility index (Phi) is 23.6. The van der Waals surface area contributed by atoms with E-state index in [9.17, 15) is 38.9 Å². The van der Waals surface area contributed by atoms with Crippen LogP contribution in [-0.4, -0.2) is 119 Å². The van der Waals surface area contributed by atoms with Crippen LogP contribution in [0.2, 0.25) is 0 Å². The number of aliphatic hydroxyl groups excluding tert-OH is 2. The highest BCUT2D eigenvalue weighted by atomic mass is 35.5. The van der Waals surface area contributed by atoms with Crippen LogP contribution < -0.4 is 43.2 Å². The summed E-state index contributed by atoms with van der Waals surface area (Å²) in [6.45, 7) is 5.78. The van der Waals surface area contributed by atoms with Crippen molar-refractivity contribution in [1.82, 2.24) is 16.0 Å². The molecule has 3 aromatic rings. The minimum absolute atomic E-state index is 0. The number of aromatic nitrogens is 1. The van der Waals surface area contributed by atoms with Gasteiger partial charge in [-0.05, 0) is 143 Å². The lowest BCUT2D eigenvalue weighted by Crippen LogP contribution is -3.00. The number of pyridine rings is 1. The number of aryl methyl sites for hydroxylation is 1. The summed E-state index contributed by atoms with van der Waals surface area (Å²) in [6, 6.07) is 18.4. The number of Topliss-reactive ketones (excluding diaryl/α,β-unsaturated/α-hetero) is 1. The number of fused-ring (bicyclic) bond motifs is 7. The highest BCUT2D eigenvalue weighted by Gasteiger charge is 2.76. The number of aliphatic hydroxyl groups is 2. The van der Waals surface area contributed by atoms with Crippen LogP contribution in [0.25, 0.3) is 0 Å². The largest absolute Gasteiger partial charge is 1.00 e. The molecule has 6 aliphatic rings. The van der Waals surface area contributed by atoms with Crippen molar-refractivity contribution in [3.8, 4) is 5.75 Å². The van der Waals surface area contributed by atoms with Crippen molar-refractivity contribution >= 4 is 37.2 Å². The molecular weight excluding hydrogens is 1160 g/mol. The standard InChI is InChI=1S/C65H89N6O14P.ClH/c1-63-30-29-48(72)37-47(63)26-27-49-50-38-57-65(64(50,2)39-53(73)58(49)63,84-61(83-57)44-21-9-6-10-22-44)56(75)42-82-60(77)51(23-17-32-69-62(66)67)70-59(76)52-24-11-14-33-71(52)41-46-36-45(25-28-55(46)85-86(78,79)80)54(74)40-68-31-13-3-4-15-34-81-35-16-12-20-43-18-7-5-8-19-43;/h5,7-8,11,14,18-19,24-25,28-30,33,36-37,44,49-51,53-54,57-58,61,68,73-74H,3-4,6,9-10,12-13,15-17,20-23,26-27,31-32,34-35,38-42H2,1-2H3,(H6-,66,67,69,70,76,78,79,80);1H/t49?,50?,51?,53-,54?,57-,58?,61+,63-,64-,65+;/m0./s1. The molecule has 5 aliphatic carbocycles. The van der Waals surface area contributed by atoms with E-state index >= 15 is 4.79 Å². The Hall–Kier alpha value is -5.38. The van der Waals surface area contributed by atoms with Crippen molar-refractivity contribution in [3.63, 3.8) is 0 Å². The van der Waals surface area contributed by atoms with E-state index in [-0.39, 0.29) is 104 Å². The fourth-order valence-electron chi connectivity index (χ4n) is 15.2. The van der Waals surface area contributed by atoms with Gasteiger partial charge in [0.2, 0.25) is 5.78 Å². The van der Waals surface area contributed by atoms with Crippen LogP contribution in [0.3, 0.4) is 0 Å². The molecule has 2 heterocycles. The van der Waals surface area contributed by atoms with Crippen LogP contribution in [0.15, 0.2) is 96.7 Å². The zero-order chi connectivity index (χ0) is 61.1. The zero-order valence-electron chi connectivity index (χ0n) is 50.3. The van der Waals surface area contributed by atoms with Crippen LogP contribution in [0.4, 0.5) is 0 Å². The molecule has 2 aromatic carbocycles. The van der Waals surface area contributed by atoms with E-state index in [2.05, 4.69) is 47.1 Å². The Balaban J connectivity index is 0.00000982. The second kappa shape index (κ2) is 30.4. The molecule has 5 unspecified atom stereocenters. The predicted octanol–water partition coefficient (Wildman–Crippen LogP) is 4.14. The number of benzene rings is 2. The third-order valence-electron chi connectivity index (χ3n) is 19.4. The maximum Gasteiger partial charge on any atom is 0.524 e. The van der Waals surface area contributed by atoms with Gasteiger partial charge >= 0.3 is 19.7 Å². The maximum atomic E-state index is 15.4. The Bertz CT molecular complexity index is 2980. The zero-order valence-corrected chi connectivity index (χ0v) is 51.9. The Labute approximate surface area is 517 Å². The molecule has 4 saturated carbocycles. The van der Waals surface area contributed by atoms with Crippen molar-refractivity contribution < 1.29 is 84.2 Å². The Morgan fingerprint density at radius 2 is 1.68 bits per heavy atom. The summed E-state index contributed by atoms with van der Waals surface area (Å²) in [5, 5.41) is 40.2. The monoisotopic (exact) mass is 1240 g/mol. The Morgan fingerprint density at radius 1 is 0.931 bits per heavy atom. The number of nitrogens with two attached hydrogens (primary N) is 1. The van der Waals surface area contributed by atoms with E-state index < -0.39 is 79.2 Å². The molecule has 20 nitrogen and oxygen atoms in total. The molecule has 1 aromatic heterocycles. The van der Waals surface area contributed by atoms with E-state index in [1.54, 1.807) is 36.5 Å². The van der Waals surface area contributed by atoms with Gasteiger partial charge < -0.3 is 67.8 Å². The summed E-state index contributed by atoms with van der Waals surface area (Å²) in [5.74, 6) is -2.87. The third-order valence-corrected chi connectivity index (χ3v) is 19.8. The van der Waals surface area contributed by atoms with Crippen LogP contribution >= 0.6 is 7.82 Å². The van der Waals surface area contributed by atoms with Gasteiger partial charge in [-0.15, -0.1) is 0 Å². The van der Waals surface area contributed by atoms with Gasteiger partial charge in [-0.25, -0.2) is 9.36 Å². The lowest BCUT2D eigenvalue weighted by Gasteiger charge is -2.59. The van der Waals surface area contributed by atoms with Gasteiger partial charge in [0.25, 0.3) is 5.69 Å². The molecule has 22 heteroatoms. The lowest BCUT2D eigenvalue weighted by molar-refractivity contribution is -0.690. The fourth-order valence-corrected chi connectivity index (χ4v) is 15.6. The summed E-state index contributed by atoms with van der Waals surface area (Å²) in [5.41, 5.74) is 5.63. The highest BCUT2D eigenvalue weighted by Crippen LogP contribution is 2.70. The van der Waals surface area contributed by atoms with Gasteiger partial charge in [-0.2, -0.15) is 4.57 Å². The average Bonchev–Trinajstić information content (AvgIpc) is 1.55. The number of phosphoric ester groups is 1. The van der Waals surface area contributed by atoms with Crippen LogP contribution in [-0.2, 0) is 50.9 Å². The van der Waals surface area contributed by atoms with Crippen molar-refractivity contribution in [1.29, 1.82) is 5.41 Å². The molecule has 11 atom stereocenters. The third kappa shape index (κ3) is 16.2. The number of unbranched alkanes of at least 4 members (excludes halogenated alkanes) is 4. The first-order chi connectivity index (χ1) is 41.3. The van der Waals surface area contributed by atoms with E-state index in [1.807, 2.05) is 19.1 Å². The quantitative estimate of drug-likeness (QED) is 0.0113. The van der Waals surface area contributed by atoms with E-state index in [1.165, 1.54) is 28.3 Å². The first-order valence-electron chi connectivity index (χ1n) is 31.2. The van der Waals surface area contributed by atoms with Gasteiger partial charge in [0.1, 0.15) is 11.8 Å². The van der Waals surface area contributed by atoms with Crippen LogP contribution in [0, 0.1) is 39.9 Å². The molecule has 10 N–H and O–H groups in total. The first-order valence-corrected chi connectivity index (χ1v) is 32.7. The normalized spacial score (nSPS) is 27.3. The topological polar surface area (TPSA) is 302 Å². The van der Waals surface area contributed by atoms with Gasteiger partial charge in [-0.3, -0.25) is 29.6 Å². The molecule has 0 radical (unpaired) electrons. The molecule has 87 heavy (non-hydrogen) atoms. The van der Waals surface area contributed by atoms with E-state index in [4.69, 9.17) is 34.6 Å². The summed E-state index contributed by atoms with van der Waals surface area (Å²) in [7, 11) is -5.07. The number of phosphoric acid groups is 1.